The number of carboxylic acids is 2. The second-order valence-corrected chi connectivity index (χ2v) is 4.13. The molecule has 0 radical (unpaired) electrons. The smallest absolute Gasteiger partial charge is 0.338 e. The Hall–Kier alpha value is -2.30. The molecule has 10 heteroatoms. The topological polar surface area (TPSA) is 168 Å². The van der Waals surface area contributed by atoms with Crippen LogP contribution in [0.3, 0.4) is 0 Å². The first-order valence-electron chi connectivity index (χ1n) is 7.00. The SMILES string of the molecule is O=C(O)CCCCC(=O)O.O=C1C=CC(=O)O1.OCCOCCO. The number of carboxylic acid groups (broad SMARTS) is 2. The maximum Gasteiger partial charge on any atom is 0.338 e. The summed E-state index contributed by atoms with van der Waals surface area (Å²) in [4.78, 5) is 39.6. The summed E-state index contributed by atoms with van der Waals surface area (Å²) in [6.45, 7) is 0.696. The van der Waals surface area contributed by atoms with Crippen molar-refractivity contribution >= 4 is 23.9 Å². The van der Waals surface area contributed by atoms with Gasteiger partial charge in [-0.3, -0.25) is 9.59 Å². The van der Waals surface area contributed by atoms with Gasteiger partial charge in [0.1, 0.15) is 0 Å². The number of carbonyl (C=O) groups is 4. The minimum absolute atomic E-state index is 0.0278. The molecule has 1 rings (SSSR count). The largest absolute Gasteiger partial charge is 0.481 e. The lowest BCUT2D eigenvalue weighted by Gasteiger charge is -1.94. The maximum absolute atomic E-state index is 9.92. The third kappa shape index (κ3) is 22.0. The van der Waals surface area contributed by atoms with Gasteiger partial charge in [-0.2, -0.15) is 0 Å². The van der Waals surface area contributed by atoms with Gasteiger partial charge in [0.2, 0.25) is 0 Å². The second-order valence-electron chi connectivity index (χ2n) is 4.13. The first kappa shape index (κ1) is 24.0. The minimum Gasteiger partial charge on any atom is -0.481 e. The third-order valence-electron chi connectivity index (χ3n) is 2.06. The molecule has 0 aromatic carbocycles. The van der Waals surface area contributed by atoms with Crippen molar-refractivity contribution in [3.05, 3.63) is 12.2 Å². The molecule has 0 spiro atoms. The number of rotatable bonds is 9. The Morgan fingerprint density at radius 1 is 0.875 bits per heavy atom. The van der Waals surface area contributed by atoms with Crippen molar-refractivity contribution in [1.82, 2.24) is 0 Å². The monoisotopic (exact) mass is 350 g/mol. The molecule has 0 aliphatic carbocycles. The lowest BCUT2D eigenvalue weighted by molar-refractivity contribution is -0.150. The zero-order valence-corrected chi connectivity index (χ0v) is 13.0. The van der Waals surface area contributed by atoms with Gasteiger partial charge in [0, 0.05) is 25.0 Å². The molecule has 24 heavy (non-hydrogen) atoms. The highest BCUT2D eigenvalue weighted by Gasteiger charge is 2.10. The van der Waals surface area contributed by atoms with Gasteiger partial charge in [0.05, 0.1) is 26.4 Å². The molecule has 0 amide bonds. The second kappa shape index (κ2) is 17.1. The molecule has 138 valence electrons. The number of hydrogen-bond donors (Lipinski definition) is 4. The van der Waals surface area contributed by atoms with Crippen molar-refractivity contribution in [3.8, 4) is 0 Å². The number of carbonyl (C=O) groups excluding carboxylic acids is 2. The summed E-state index contributed by atoms with van der Waals surface area (Å²) in [6.07, 6.45) is 3.19. The van der Waals surface area contributed by atoms with Gasteiger partial charge >= 0.3 is 23.9 Å². The van der Waals surface area contributed by atoms with Crippen LogP contribution in [0.15, 0.2) is 12.2 Å². The molecule has 1 aliphatic heterocycles. The molecular formula is C14H22O10. The molecule has 0 atom stereocenters. The molecular weight excluding hydrogens is 328 g/mol. The van der Waals surface area contributed by atoms with Crippen LogP contribution in [0.25, 0.3) is 0 Å². The number of aliphatic carboxylic acids is 2. The first-order valence-corrected chi connectivity index (χ1v) is 7.00. The molecule has 4 N–H and O–H groups in total. The van der Waals surface area contributed by atoms with E-state index in [9.17, 15) is 19.2 Å². The number of hydrogen-bond acceptors (Lipinski definition) is 8. The zero-order valence-electron chi connectivity index (χ0n) is 13.0. The van der Waals surface area contributed by atoms with Crippen LogP contribution in [0.4, 0.5) is 0 Å². The van der Waals surface area contributed by atoms with E-state index in [0.717, 1.165) is 12.2 Å². The van der Waals surface area contributed by atoms with E-state index in [2.05, 4.69) is 9.47 Å². The standard InChI is InChI=1S/C6H10O4.C4H2O3.C4H10O3/c7-5(8)3-1-2-4-6(9)10;5-3-1-2-4(6)7-3;5-1-3-7-4-2-6/h1-4H2,(H,7,8)(H,9,10);1-2H;5-6H,1-4H2. The Morgan fingerprint density at radius 2 is 1.25 bits per heavy atom. The van der Waals surface area contributed by atoms with Crippen LogP contribution in [0.2, 0.25) is 0 Å². The average Bonchev–Trinajstić information content (AvgIpc) is 2.88. The van der Waals surface area contributed by atoms with Crippen LogP contribution in [0, 0.1) is 0 Å². The summed E-state index contributed by atoms with van der Waals surface area (Å²) in [5, 5.41) is 32.4. The van der Waals surface area contributed by atoms with Crippen molar-refractivity contribution in [2.24, 2.45) is 0 Å². The fourth-order valence-electron chi connectivity index (χ4n) is 1.09. The quantitative estimate of drug-likeness (QED) is 0.238. The van der Waals surface area contributed by atoms with Crippen LogP contribution in [0.1, 0.15) is 25.7 Å². The highest BCUT2D eigenvalue weighted by molar-refractivity contribution is 6.04. The predicted molar refractivity (Wildman–Crippen MR) is 79.0 cm³/mol. The van der Waals surface area contributed by atoms with E-state index >= 15 is 0 Å². The van der Waals surface area contributed by atoms with Gasteiger partial charge in [0.15, 0.2) is 0 Å². The molecule has 1 aliphatic rings. The van der Waals surface area contributed by atoms with E-state index in [1.54, 1.807) is 0 Å². The fourth-order valence-corrected chi connectivity index (χ4v) is 1.09. The van der Waals surface area contributed by atoms with E-state index in [4.69, 9.17) is 20.4 Å². The number of unbranched alkanes of at least 4 members (excludes halogenated alkanes) is 1. The first-order chi connectivity index (χ1) is 11.3. The van der Waals surface area contributed by atoms with Crippen molar-refractivity contribution in [1.29, 1.82) is 0 Å². The van der Waals surface area contributed by atoms with Crippen molar-refractivity contribution in [2.75, 3.05) is 26.4 Å². The van der Waals surface area contributed by atoms with E-state index < -0.39 is 23.9 Å². The maximum atomic E-state index is 9.92. The van der Waals surface area contributed by atoms with Gasteiger partial charge in [-0.1, -0.05) is 0 Å². The fraction of sp³-hybridized carbons (Fsp3) is 0.571. The highest BCUT2D eigenvalue weighted by Crippen LogP contribution is 1.98. The Kier molecular flexibility index (Phi) is 17.0. The lowest BCUT2D eigenvalue weighted by Crippen LogP contribution is -2.03. The van der Waals surface area contributed by atoms with Crippen LogP contribution in [-0.4, -0.2) is 70.7 Å². The lowest BCUT2D eigenvalue weighted by atomic mass is 10.2. The molecule has 0 saturated heterocycles. The molecule has 0 aromatic heterocycles. The average molecular weight is 350 g/mol. The molecule has 0 fully saturated rings. The molecule has 0 aromatic rings. The van der Waals surface area contributed by atoms with E-state index in [-0.39, 0.29) is 26.1 Å². The van der Waals surface area contributed by atoms with Gasteiger partial charge in [0.25, 0.3) is 0 Å². The van der Waals surface area contributed by atoms with Crippen LogP contribution in [-0.2, 0) is 28.7 Å². The van der Waals surface area contributed by atoms with Crippen LogP contribution < -0.4 is 0 Å². The van der Waals surface area contributed by atoms with Gasteiger partial charge in [-0.25, -0.2) is 9.59 Å². The summed E-state index contributed by atoms with van der Waals surface area (Å²) in [7, 11) is 0. The van der Waals surface area contributed by atoms with E-state index in [1.165, 1.54) is 0 Å². The summed E-state index contributed by atoms with van der Waals surface area (Å²) in [5.74, 6) is -2.90. The summed E-state index contributed by atoms with van der Waals surface area (Å²) in [6, 6.07) is 0. The summed E-state index contributed by atoms with van der Waals surface area (Å²) >= 11 is 0. The van der Waals surface area contributed by atoms with Crippen molar-refractivity contribution in [3.63, 3.8) is 0 Å². The number of esters is 2. The summed E-state index contributed by atoms with van der Waals surface area (Å²) < 4.78 is 8.60. The number of cyclic esters (lactones) is 2. The zero-order chi connectivity index (χ0) is 18.8. The predicted octanol–water partition coefficient (Wildman–Crippen LogP) is -0.670. The van der Waals surface area contributed by atoms with Crippen molar-refractivity contribution < 1.29 is 49.1 Å². The van der Waals surface area contributed by atoms with E-state index in [1.807, 2.05) is 0 Å². The number of ether oxygens (including phenoxy) is 2. The Bertz CT molecular complexity index is 380. The van der Waals surface area contributed by atoms with E-state index in [0.29, 0.717) is 26.1 Å². The van der Waals surface area contributed by atoms with Crippen LogP contribution in [0.5, 0.6) is 0 Å². The van der Waals surface area contributed by atoms with Gasteiger partial charge < -0.3 is 29.9 Å². The van der Waals surface area contributed by atoms with Crippen molar-refractivity contribution in [2.45, 2.75) is 25.7 Å². The summed E-state index contributed by atoms with van der Waals surface area (Å²) in [5.41, 5.74) is 0. The van der Waals surface area contributed by atoms with Gasteiger partial charge in [-0.05, 0) is 12.8 Å². The normalized spacial score (nSPS) is 11.8. The number of aliphatic hydroxyl groups is 2. The third-order valence-corrected chi connectivity index (χ3v) is 2.06. The Morgan fingerprint density at radius 3 is 1.46 bits per heavy atom. The van der Waals surface area contributed by atoms with Gasteiger partial charge in [-0.15, -0.1) is 0 Å². The molecule has 0 unspecified atom stereocenters. The minimum atomic E-state index is -0.870. The molecule has 1 heterocycles. The van der Waals surface area contributed by atoms with Crippen LogP contribution >= 0.6 is 0 Å². The molecule has 0 bridgehead atoms. The Labute approximate surface area is 138 Å². The number of aliphatic hydroxyl groups excluding tert-OH is 2. The molecule has 10 nitrogen and oxygen atoms in total. The highest BCUT2D eigenvalue weighted by atomic mass is 16.6. The Balaban J connectivity index is 0. The molecule has 0 saturated carbocycles.